The minimum atomic E-state index is -0.308. The van der Waals surface area contributed by atoms with Crippen molar-refractivity contribution in [3.63, 3.8) is 0 Å². The van der Waals surface area contributed by atoms with Crippen LogP contribution in [-0.4, -0.2) is 51.3 Å². The molecule has 6 nitrogen and oxygen atoms in total. The second-order valence-corrected chi connectivity index (χ2v) is 13.5. The summed E-state index contributed by atoms with van der Waals surface area (Å²) in [7, 11) is 2.22. The third-order valence-corrected chi connectivity index (χ3v) is 10.2. The van der Waals surface area contributed by atoms with Crippen LogP contribution in [0.2, 0.25) is 0 Å². The molecule has 0 spiro atoms. The van der Waals surface area contributed by atoms with E-state index in [1.54, 1.807) is 11.3 Å². The molecule has 3 atom stereocenters. The maximum atomic E-state index is 13.6. The van der Waals surface area contributed by atoms with Gasteiger partial charge in [0, 0.05) is 53.4 Å². The summed E-state index contributed by atoms with van der Waals surface area (Å²) in [4.78, 5) is 35.9. The van der Waals surface area contributed by atoms with E-state index in [-0.39, 0.29) is 30.1 Å². The Kier molecular flexibility index (Phi) is 9.11. The Bertz CT molecular complexity index is 1300. The molecule has 5 rings (SSSR count). The van der Waals surface area contributed by atoms with Crippen LogP contribution in [0, 0.1) is 11.8 Å². The molecule has 1 N–H and O–H groups in total. The predicted octanol–water partition coefficient (Wildman–Crippen LogP) is 7.03. The maximum Gasteiger partial charge on any atom is 0.223 e. The minimum Gasteiger partial charge on any atom is -0.353 e. The average molecular weight is 563 g/mol. The standard InChI is InChI=1S/C33H46N4O2S/c1-6-25(7-2)37-30-13-10-22(16-29(30)35-32(37)20-28-9-8-14-40-28)31(38)17-23(15-21(3)4)33(39)34-24-18-26-11-12-27(19-24)36(26)5/h8-10,13-14,16,21,23-27H,6-7,11-12,15,17-20H2,1-5H3,(H,34,39)/t23-,24?,26?,27?/m1/s1. The van der Waals surface area contributed by atoms with Crippen LogP contribution in [-0.2, 0) is 11.2 Å². The number of amides is 1. The molecule has 2 aliphatic heterocycles. The molecule has 2 aromatic heterocycles. The van der Waals surface area contributed by atoms with Crippen molar-refractivity contribution >= 4 is 34.1 Å². The lowest BCUT2D eigenvalue weighted by atomic mass is 9.89. The number of rotatable bonds is 12. The van der Waals surface area contributed by atoms with Gasteiger partial charge in [-0.1, -0.05) is 33.8 Å². The van der Waals surface area contributed by atoms with E-state index < -0.39 is 0 Å². The highest BCUT2D eigenvalue weighted by atomic mass is 32.1. The van der Waals surface area contributed by atoms with Crippen LogP contribution in [0.3, 0.4) is 0 Å². The molecule has 3 aromatic rings. The van der Waals surface area contributed by atoms with Crippen molar-refractivity contribution in [2.75, 3.05) is 7.05 Å². The smallest absolute Gasteiger partial charge is 0.223 e. The third kappa shape index (κ3) is 6.20. The van der Waals surface area contributed by atoms with Gasteiger partial charge >= 0.3 is 0 Å². The van der Waals surface area contributed by atoms with Crippen molar-refractivity contribution in [2.24, 2.45) is 11.8 Å². The van der Waals surface area contributed by atoms with Crippen molar-refractivity contribution in [1.29, 1.82) is 0 Å². The quantitative estimate of drug-likeness (QED) is 0.241. The van der Waals surface area contributed by atoms with Crippen molar-refractivity contribution in [3.8, 4) is 0 Å². The van der Waals surface area contributed by atoms with Gasteiger partial charge in [0.15, 0.2) is 5.78 Å². The first kappa shape index (κ1) is 29.0. The Morgan fingerprint density at radius 1 is 1.10 bits per heavy atom. The molecule has 216 valence electrons. The first-order valence-corrected chi connectivity index (χ1v) is 16.2. The number of thiophene rings is 1. The van der Waals surface area contributed by atoms with Crippen molar-refractivity contribution in [2.45, 2.75) is 110 Å². The minimum absolute atomic E-state index is 0.0306. The van der Waals surface area contributed by atoms with Crippen LogP contribution in [0.25, 0.3) is 11.0 Å². The van der Waals surface area contributed by atoms with Crippen LogP contribution in [0.15, 0.2) is 35.7 Å². The number of hydrogen-bond acceptors (Lipinski definition) is 5. The molecule has 0 aliphatic carbocycles. The van der Waals surface area contributed by atoms with Gasteiger partial charge in [0.25, 0.3) is 0 Å². The van der Waals surface area contributed by atoms with Gasteiger partial charge in [-0.3, -0.25) is 9.59 Å². The largest absolute Gasteiger partial charge is 0.353 e. The average Bonchev–Trinajstić information content (AvgIpc) is 3.61. The van der Waals surface area contributed by atoms with E-state index in [1.165, 1.54) is 17.7 Å². The van der Waals surface area contributed by atoms with Gasteiger partial charge in [0.1, 0.15) is 5.82 Å². The summed E-state index contributed by atoms with van der Waals surface area (Å²) in [5.74, 6) is 1.17. The lowest BCUT2D eigenvalue weighted by Gasteiger charge is -2.37. The van der Waals surface area contributed by atoms with Crippen LogP contribution >= 0.6 is 11.3 Å². The van der Waals surface area contributed by atoms with E-state index in [2.05, 4.69) is 73.1 Å². The summed E-state index contributed by atoms with van der Waals surface area (Å²) >= 11 is 1.75. The molecule has 2 aliphatic rings. The zero-order valence-electron chi connectivity index (χ0n) is 24.9. The number of carbonyl (C=O) groups is 2. The summed E-state index contributed by atoms with van der Waals surface area (Å²) in [6.45, 7) is 8.71. The first-order chi connectivity index (χ1) is 19.3. The van der Waals surface area contributed by atoms with Crippen LogP contribution in [0.5, 0.6) is 0 Å². The molecular formula is C33H46N4O2S. The van der Waals surface area contributed by atoms with Crippen LogP contribution in [0.4, 0.5) is 0 Å². The summed E-state index contributed by atoms with van der Waals surface area (Å²) in [5, 5.41) is 5.46. The number of nitrogens with one attached hydrogen (secondary N) is 1. The molecule has 1 aromatic carbocycles. The molecule has 2 saturated heterocycles. The summed E-state index contributed by atoms with van der Waals surface area (Å²) in [6.07, 6.45) is 8.31. The molecule has 0 saturated carbocycles. The fourth-order valence-corrected chi connectivity index (χ4v) is 7.82. The topological polar surface area (TPSA) is 67.2 Å². The van der Waals surface area contributed by atoms with Gasteiger partial charge < -0.3 is 14.8 Å². The number of carbonyl (C=O) groups excluding carboxylic acids is 2. The van der Waals surface area contributed by atoms with Crippen molar-refractivity contribution in [1.82, 2.24) is 19.8 Å². The van der Waals surface area contributed by atoms with Gasteiger partial charge in [0.2, 0.25) is 5.91 Å². The van der Waals surface area contributed by atoms with Crippen molar-refractivity contribution in [3.05, 3.63) is 52.0 Å². The van der Waals surface area contributed by atoms with Crippen LogP contribution < -0.4 is 5.32 Å². The monoisotopic (exact) mass is 562 g/mol. The zero-order valence-corrected chi connectivity index (χ0v) is 25.7. The highest BCUT2D eigenvalue weighted by Crippen LogP contribution is 2.35. The van der Waals surface area contributed by atoms with E-state index in [0.29, 0.717) is 36.0 Å². The van der Waals surface area contributed by atoms with Crippen LogP contribution in [0.1, 0.15) is 106 Å². The Labute approximate surface area is 243 Å². The molecule has 1 amide bonds. The van der Waals surface area contributed by atoms with Gasteiger partial charge in [-0.25, -0.2) is 4.98 Å². The summed E-state index contributed by atoms with van der Waals surface area (Å²) in [5.41, 5.74) is 2.62. The fourth-order valence-electron chi connectivity index (χ4n) is 7.12. The van der Waals surface area contributed by atoms with E-state index in [9.17, 15) is 9.59 Å². The number of nitrogens with zero attached hydrogens (tertiary/aromatic N) is 3. The number of ketones is 1. The number of imidazole rings is 1. The van der Waals surface area contributed by atoms with Gasteiger partial charge in [-0.05, 0) is 87.6 Å². The van der Waals surface area contributed by atoms with Gasteiger partial charge in [-0.15, -0.1) is 11.3 Å². The van der Waals surface area contributed by atoms with E-state index in [0.717, 1.165) is 49.0 Å². The molecular weight excluding hydrogens is 516 g/mol. The van der Waals surface area contributed by atoms with E-state index in [4.69, 9.17) is 4.98 Å². The maximum absolute atomic E-state index is 13.6. The molecule has 0 radical (unpaired) electrons. The lowest BCUT2D eigenvalue weighted by molar-refractivity contribution is -0.126. The second-order valence-electron chi connectivity index (χ2n) is 12.5. The Morgan fingerprint density at radius 3 is 2.45 bits per heavy atom. The Morgan fingerprint density at radius 2 is 1.82 bits per heavy atom. The molecule has 40 heavy (non-hydrogen) atoms. The first-order valence-electron chi connectivity index (χ1n) is 15.4. The normalized spacial score (nSPS) is 21.9. The second kappa shape index (κ2) is 12.6. The Balaban J connectivity index is 1.34. The highest BCUT2D eigenvalue weighted by Gasteiger charge is 2.39. The third-order valence-electron chi connectivity index (χ3n) is 9.31. The van der Waals surface area contributed by atoms with E-state index >= 15 is 0 Å². The number of Topliss-reactive ketones (excluding diaryl/α,β-unsaturated/α-hetero) is 1. The van der Waals surface area contributed by atoms with Gasteiger partial charge in [0.05, 0.1) is 11.0 Å². The lowest BCUT2D eigenvalue weighted by Crippen LogP contribution is -2.50. The fraction of sp³-hybridized carbons (Fsp3) is 0.606. The molecule has 7 heteroatoms. The molecule has 4 heterocycles. The van der Waals surface area contributed by atoms with E-state index in [1.807, 2.05) is 12.1 Å². The predicted molar refractivity (Wildman–Crippen MR) is 164 cm³/mol. The number of benzene rings is 1. The molecule has 2 fully saturated rings. The summed E-state index contributed by atoms with van der Waals surface area (Å²) in [6, 6.07) is 11.9. The number of piperidine rings is 1. The summed E-state index contributed by atoms with van der Waals surface area (Å²) < 4.78 is 2.38. The highest BCUT2D eigenvalue weighted by molar-refractivity contribution is 7.09. The SMILES string of the molecule is CCC(CC)n1c(Cc2cccs2)nc2cc(C(=O)C[C@@H](CC(C)C)C(=O)NC3CC4CCC(C3)N4C)ccc21. The zero-order chi connectivity index (χ0) is 28.4. The number of aromatic nitrogens is 2. The number of fused-ring (bicyclic) bond motifs is 3. The van der Waals surface area contributed by atoms with Gasteiger partial charge in [-0.2, -0.15) is 0 Å². The molecule has 2 bridgehead atoms. The Hall–Kier alpha value is -2.51. The molecule has 2 unspecified atom stereocenters. The number of hydrogen-bond donors (Lipinski definition) is 1. The van der Waals surface area contributed by atoms with Crippen molar-refractivity contribution < 1.29 is 9.59 Å².